The maximum Gasteiger partial charge on any atom is 0.254 e. The maximum absolute atomic E-state index is 13.5. The second kappa shape index (κ2) is 6.38. The second-order valence-electron chi connectivity index (χ2n) is 5.65. The van der Waals surface area contributed by atoms with Crippen LogP contribution in [0.3, 0.4) is 0 Å². The van der Waals surface area contributed by atoms with Crippen molar-refractivity contribution in [1.29, 1.82) is 0 Å². The Kier molecular flexibility index (Phi) is 4.30. The number of halogens is 1. The lowest BCUT2D eigenvalue weighted by atomic mass is 10.0. The third-order valence-corrected chi connectivity index (χ3v) is 4.11. The van der Waals surface area contributed by atoms with Crippen molar-refractivity contribution in [2.24, 2.45) is 0 Å². The molecule has 1 amide bonds. The first kappa shape index (κ1) is 15.5. The van der Waals surface area contributed by atoms with Crippen LogP contribution in [-0.4, -0.2) is 35.7 Å². The lowest BCUT2D eigenvalue weighted by Crippen LogP contribution is -2.31. The minimum atomic E-state index is -0.606. The molecule has 1 N–H and O–H groups in total. The number of rotatable bonds is 3. The summed E-state index contributed by atoms with van der Waals surface area (Å²) in [4.78, 5) is 14.3. The number of carbonyl (C=O) groups is 1. The van der Waals surface area contributed by atoms with E-state index in [1.807, 2.05) is 0 Å². The van der Waals surface area contributed by atoms with Crippen molar-refractivity contribution >= 4 is 5.91 Å². The highest BCUT2D eigenvalue weighted by atomic mass is 19.1. The van der Waals surface area contributed by atoms with Gasteiger partial charge < -0.3 is 14.7 Å². The number of amides is 1. The van der Waals surface area contributed by atoms with Gasteiger partial charge in [-0.15, -0.1) is 0 Å². The molecule has 120 valence electrons. The van der Waals surface area contributed by atoms with E-state index in [1.54, 1.807) is 48.4 Å². The predicted octanol–water partition coefficient (Wildman–Crippen LogP) is 2.78. The van der Waals surface area contributed by atoms with Crippen molar-refractivity contribution in [3.05, 3.63) is 65.5 Å². The van der Waals surface area contributed by atoms with Gasteiger partial charge in [-0.3, -0.25) is 4.79 Å². The van der Waals surface area contributed by atoms with E-state index in [0.29, 0.717) is 23.3 Å². The van der Waals surface area contributed by atoms with E-state index < -0.39 is 6.10 Å². The Morgan fingerprint density at radius 3 is 2.65 bits per heavy atom. The Balaban J connectivity index is 1.87. The van der Waals surface area contributed by atoms with Crippen molar-refractivity contribution in [3.8, 4) is 5.75 Å². The van der Waals surface area contributed by atoms with Crippen molar-refractivity contribution < 1.29 is 19.0 Å². The van der Waals surface area contributed by atoms with Gasteiger partial charge in [0, 0.05) is 12.1 Å². The van der Waals surface area contributed by atoms with Crippen LogP contribution in [-0.2, 0) is 0 Å². The average molecular weight is 315 g/mol. The molecule has 5 heteroatoms. The summed E-state index contributed by atoms with van der Waals surface area (Å²) in [5.74, 6) is 0.142. The number of methoxy groups -OCH3 is 1. The number of hydrogen-bond donors (Lipinski definition) is 1. The standard InChI is InChI=1S/C18H18FNO3/c1-23-16-7-5-12(6-8-16)18(22)20-11-15(21)10-17(20)13-3-2-4-14(19)9-13/h2-9,15,17,21H,10-11H2,1H3/t15-,17+/m1/s1. The zero-order valence-corrected chi connectivity index (χ0v) is 12.8. The average Bonchev–Trinajstić information content (AvgIpc) is 2.96. The summed E-state index contributed by atoms with van der Waals surface area (Å²) >= 11 is 0. The summed E-state index contributed by atoms with van der Waals surface area (Å²) < 4.78 is 18.6. The fourth-order valence-corrected chi connectivity index (χ4v) is 2.97. The van der Waals surface area contributed by atoms with Crippen molar-refractivity contribution in [2.75, 3.05) is 13.7 Å². The second-order valence-corrected chi connectivity index (χ2v) is 5.65. The van der Waals surface area contributed by atoms with Gasteiger partial charge in [-0.05, 0) is 48.4 Å². The van der Waals surface area contributed by atoms with E-state index in [1.165, 1.54) is 12.1 Å². The summed E-state index contributed by atoms with van der Waals surface area (Å²) in [5, 5.41) is 9.97. The topological polar surface area (TPSA) is 49.8 Å². The molecule has 1 aliphatic heterocycles. The number of nitrogens with zero attached hydrogens (tertiary/aromatic N) is 1. The number of hydrogen-bond acceptors (Lipinski definition) is 3. The molecule has 2 aromatic rings. The van der Waals surface area contributed by atoms with Gasteiger partial charge in [0.1, 0.15) is 11.6 Å². The number of β-amino-alcohol motifs (C(OH)–C–C–N with tert-alkyl or cyclic N) is 1. The lowest BCUT2D eigenvalue weighted by molar-refractivity contribution is 0.0715. The molecule has 0 spiro atoms. The summed E-state index contributed by atoms with van der Waals surface area (Å²) in [6.45, 7) is 0.242. The summed E-state index contributed by atoms with van der Waals surface area (Å²) in [6, 6.07) is 12.7. The van der Waals surface area contributed by atoms with Crippen LogP contribution in [0, 0.1) is 5.82 Å². The number of carbonyl (C=O) groups excluding carboxylic acids is 1. The fraction of sp³-hybridized carbons (Fsp3) is 0.278. The van der Waals surface area contributed by atoms with E-state index in [9.17, 15) is 14.3 Å². The van der Waals surface area contributed by atoms with Crippen LogP contribution in [0.5, 0.6) is 5.75 Å². The molecular weight excluding hydrogens is 297 g/mol. The Bertz CT molecular complexity index is 702. The molecule has 1 heterocycles. The molecule has 1 fully saturated rings. The number of likely N-dealkylation sites (tertiary alicyclic amines) is 1. The molecule has 2 aromatic carbocycles. The Labute approximate surface area is 134 Å². The van der Waals surface area contributed by atoms with Gasteiger partial charge in [0.2, 0.25) is 0 Å². The molecule has 0 aromatic heterocycles. The SMILES string of the molecule is COc1ccc(C(=O)N2C[C@H](O)C[C@H]2c2cccc(F)c2)cc1. The minimum Gasteiger partial charge on any atom is -0.497 e. The Morgan fingerprint density at radius 2 is 2.00 bits per heavy atom. The summed E-state index contributed by atoms with van der Waals surface area (Å²) in [7, 11) is 1.56. The van der Waals surface area contributed by atoms with Gasteiger partial charge >= 0.3 is 0 Å². The van der Waals surface area contributed by atoms with Crippen LogP contribution >= 0.6 is 0 Å². The Morgan fingerprint density at radius 1 is 1.26 bits per heavy atom. The molecule has 0 unspecified atom stereocenters. The van der Waals surface area contributed by atoms with E-state index in [2.05, 4.69) is 0 Å². The zero-order valence-electron chi connectivity index (χ0n) is 12.8. The molecule has 0 radical (unpaired) electrons. The van der Waals surface area contributed by atoms with E-state index in [4.69, 9.17) is 4.74 Å². The number of benzene rings is 2. The van der Waals surface area contributed by atoms with Crippen LogP contribution in [0.2, 0.25) is 0 Å². The molecule has 2 atom stereocenters. The van der Waals surface area contributed by atoms with Crippen molar-refractivity contribution in [1.82, 2.24) is 4.90 Å². The smallest absolute Gasteiger partial charge is 0.254 e. The Hall–Kier alpha value is -2.40. The lowest BCUT2D eigenvalue weighted by Gasteiger charge is -2.25. The molecule has 3 rings (SSSR count). The van der Waals surface area contributed by atoms with Gasteiger partial charge in [-0.25, -0.2) is 4.39 Å². The van der Waals surface area contributed by atoms with Gasteiger partial charge in [0.05, 0.1) is 19.3 Å². The van der Waals surface area contributed by atoms with Gasteiger partial charge in [-0.2, -0.15) is 0 Å². The molecule has 23 heavy (non-hydrogen) atoms. The van der Waals surface area contributed by atoms with Crippen LogP contribution < -0.4 is 4.74 Å². The van der Waals surface area contributed by atoms with Crippen LogP contribution in [0.1, 0.15) is 28.4 Å². The molecule has 1 aliphatic rings. The molecule has 1 saturated heterocycles. The first-order valence-corrected chi connectivity index (χ1v) is 7.47. The quantitative estimate of drug-likeness (QED) is 0.947. The first-order chi connectivity index (χ1) is 11.1. The predicted molar refractivity (Wildman–Crippen MR) is 83.8 cm³/mol. The van der Waals surface area contributed by atoms with E-state index in [-0.39, 0.29) is 24.3 Å². The van der Waals surface area contributed by atoms with Gasteiger partial charge in [0.25, 0.3) is 5.91 Å². The van der Waals surface area contributed by atoms with Crippen LogP contribution in [0.25, 0.3) is 0 Å². The monoisotopic (exact) mass is 315 g/mol. The molecule has 0 saturated carbocycles. The largest absolute Gasteiger partial charge is 0.497 e. The fourth-order valence-electron chi connectivity index (χ4n) is 2.97. The van der Waals surface area contributed by atoms with Crippen LogP contribution in [0.4, 0.5) is 4.39 Å². The molecule has 0 bridgehead atoms. The maximum atomic E-state index is 13.5. The number of aliphatic hydroxyl groups excluding tert-OH is 1. The molecule has 0 aliphatic carbocycles. The molecule has 4 nitrogen and oxygen atoms in total. The third kappa shape index (κ3) is 3.19. The van der Waals surface area contributed by atoms with Gasteiger partial charge in [-0.1, -0.05) is 12.1 Å². The van der Waals surface area contributed by atoms with Crippen LogP contribution in [0.15, 0.2) is 48.5 Å². The molecular formula is C18H18FNO3. The number of aliphatic hydroxyl groups is 1. The highest BCUT2D eigenvalue weighted by Gasteiger charge is 2.35. The van der Waals surface area contributed by atoms with E-state index in [0.717, 1.165) is 0 Å². The minimum absolute atomic E-state index is 0.182. The van der Waals surface area contributed by atoms with Crippen molar-refractivity contribution in [2.45, 2.75) is 18.6 Å². The third-order valence-electron chi connectivity index (χ3n) is 4.11. The van der Waals surface area contributed by atoms with Crippen molar-refractivity contribution in [3.63, 3.8) is 0 Å². The first-order valence-electron chi connectivity index (χ1n) is 7.47. The highest BCUT2D eigenvalue weighted by molar-refractivity contribution is 5.94. The summed E-state index contributed by atoms with van der Waals surface area (Å²) in [6.07, 6.45) is -0.198. The van der Waals surface area contributed by atoms with E-state index >= 15 is 0 Å². The number of ether oxygens (including phenoxy) is 1. The highest BCUT2D eigenvalue weighted by Crippen LogP contribution is 2.33. The zero-order chi connectivity index (χ0) is 16.4. The summed E-state index contributed by atoms with van der Waals surface area (Å²) in [5.41, 5.74) is 1.21. The normalized spacial score (nSPS) is 20.6. The van der Waals surface area contributed by atoms with Gasteiger partial charge in [0.15, 0.2) is 0 Å².